The van der Waals surface area contributed by atoms with E-state index in [2.05, 4.69) is 10.6 Å². The number of amides is 3. The lowest BCUT2D eigenvalue weighted by Gasteiger charge is -2.19. The van der Waals surface area contributed by atoms with Gasteiger partial charge in [-0.1, -0.05) is 6.07 Å². The van der Waals surface area contributed by atoms with E-state index in [4.69, 9.17) is 5.11 Å². The minimum absolute atomic E-state index is 0.199. The SMILES string of the molecule is Cc1c(C(=O)N[C@H](C)C(=O)O)cccc1N1CCNC1=O. The zero-order valence-corrected chi connectivity index (χ0v) is 11.8. The Morgan fingerprint density at radius 2 is 2.14 bits per heavy atom. The lowest BCUT2D eigenvalue weighted by Crippen LogP contribution is -2.38. The van der Waals surface area contributed by atoms with Crippen molar-refractivity contribution in [2.24, 2.45) is 0 Å². The first-order chi connectivity index (χ1) is 9.91. The number of hydrogen-bond donors (Lipinski definition) is 3. The van der Waals surface area contributed by atoms with Gasteiger partial charge in [-0.15, -0.1) is 0 Å². The van der Waals surface area contributed by atoms with E-state index in [9.17, 15) is 14.4 Å². The van der Waals surface area contributed by atoms with Crippen molar-refractivity contribution in [1.29, 1.82) is 0 Å². The van der Waals surface area contributed by atoms with Crippen molar-refractivity contribution in [3.8, 4) is 0 Å². The van der Waals surface area contributed by atoms with Crippen molar-refractivity contribution in [2.45, 2.75) is 19.9 Å². The number of aliphatic carboxylic acids is 1. The molecule has 1 aliphatic rings. The molecule has 0 saturated carbocycles. The fourth-order valence-corrected chi connectivity index (χ4v) is 2.20. The van der Waals surface area contributed by atoms with Gasteiger partial charge in [-0.25, -0.2) is 4.79 Å². The van der Waals surface area contributed by atoms with Crippen LogP contribution in [-0.4, -0.2) is 42.1 Å². The average Bonchev–Trinajstić information content (AvgIpc) is 2.84. The van der Waals surface area contributed by atoms with Crippen LogP contribution < -0.4 is 15.5 Å². The molecule has 1 aromatic rings. The first-order valence-corrected chi connectivity index (χ1v) is 6.60. The van der Waals surface area contributed by atoms with Crippen LogP contribution in [0.15, 0.2) is 18.2 Å². The van der Waals surface area contributed by atoms with E-state index in [1.54, 1.807) is 30.0 Å². The predicted molar refractivity (Wildman–Crippen MR) is 76.5 cm³/mol. The van der Waals surface area contributed by atoms with E-state index in [1.807, 2.05) is 0 Å². The van der Waals surface area contributed by atoms with Gasteiger partial charge in [-0.05, 0) is 31.5 Å². The molecular formula is C14H17N3O4. The van der Waals surface area contributed by atoms with E-state index >= 15 is 0 Å². The molecule has 112 valence electrons. The van der Waals surface area contributed by atoms with E-state index in [1.165, 1.54) is 6.92 Å². The van der Waals surface area contributed by atoms with Crippen LogP contribution in [0, 0.1) is 6.92 Å². The normalized spacial score (nSPS) is 15.5. The number of benzene rings is 1. The molecule has 1 saturated heterocycles. The maximum Gasteiger partial charge on any atom is 0.325 e. The molecule has 1 atom stereocenters. The smallest absolute Gasteiger partial charge is 0.325 e. The van der Waals surface area contributed by atoms with Crippen molar-refractivity contribution < 1.29 is 19.5 Å². The second-order valence-corrected chi connectivity index (χ2v) is 4.87. The number of hydrogen-bond acceptors (Lipinski definition) is 3. The number of carboxylic acids is 1. The molecule has 2 rings (SSSR count). The molecule has 0 aliphatic carbocycles. The summed E-state index contributed by atoms with van der Waals surface area (Å²) in [6.07, 6.45) is 0. The summed E-state index contributed by atoms with van der Waals surface area (Å²) in [7, 11) is 0. The number of anilines is 1. The minimum Gasteiger partial charge on any atom is -0.480 e. The summed E-state index contributed by atoms with van der Waals surface area (Å²) in [5, 5.41) is 13.9. The van der Waals surface area contributed by atoms with Crippen LogP contribution in [0.5, 0.6) is 0 Å². The molecule has 3 amide bonds. The van der Waals surface area contributed by atoms with Gasteiger partial charge >= 0.3 is 12.0 Å². The average molecular weight is 291 g/mol. The Balaban J connectivity index is 2.27. The highest BCUT2D eigenvalue weighted by Crippen LogP contribution is 2.24. The van der Waals surface area contributed by atoms with Crippen molar-refractivity contribution in [2.75, 3.05) is 18.0 Å². The van der Waals surface area contributed by atoms with E-state index < -0.39 is 17.9 Å². The second-order valence-electron chi connectivity index (χ2n) is 4.87. The first kappa shape index (κ1) is 14.8. The molecule has 0 spiro atoms. The van der Waals surface area contributed by atoms with Crippen LogP contribution in [0.1, 0.15) is 22.8 Å². The minimum atomic E-state index is -1.10. The molecule has 0 bridgehead atoms. The van der Waals surface area contributed by atoms with Gasteiger partial charge in [0.2, 0.25) is 0 Å². The molecule has 0 unspecified atom stereocenters. The van der Waals surface area contributed by atoms with Crippen LogP contribution >= 0.6 is 0 Å². The molecule has 1 fully saturated rings. The topological polar surface area (TPSA) is 98.7 Å². The van der Waals surface area contributed by atoms with Gasteiger partial charge in [-0.2, -0.15) is 0 Å². The Hall–Kier alpha value is -2.57. The Morgan fingerprint density at radius 3 is 2.71 bits per heavy atom. The standard InChI is InChI=1S/C14H17N3O4/c1-8-10(12(18)16-9(2)13(19)20)4-3-5-11(8)17-7-6-15-14(17)21/h3-5,9H,6-7H2,1-2H3,(H,15,21)(H,16,18)(H,19,20)/t9-/m1/s1. The third-order valence-corrected chi connectivity index (χ3v) is 3.42. The van der Waals surface area contributed by atoms with Gasteiger partial charge in [0.15, 0.2) is 0 Å². The van der Waals surface area contributed by atoms with Gasteiger partial charge in [0, 0.05) is 24.3 Å². The third-order valence-electron chi connectivity index (χ3n) is 3.42. The predicted octanol–water partition coefficient (Wildman–Crippen LogP) is 0.728. The molecule has 0 radical (unpaired) electrons. The summed E-state index contributed by atoms with van der Waals surface area (Å²) in [5.74, 6) is -1.57. The zero-order chi connectivity index (χ0) is 15.6. The van der Waals surface area contributed by atoms with Gasteiger partial charge < -0.3 is 15.7 Å². The fourth-order valence-electron chi connectivity index (χ4n) is 2.20. The van der Waals surface area contributed by atoms with Gasteiger partial charge in [-0.3, -0.25) is 14.5 Å². The van der Waals surface area contributed by atoms with Crippen LogP contribution in [0.2, 0.25) is 0 Å². The summed E-state index contributed by atoms with van der Waals surface area (Å²) in [5.41, 5.74) is 1.66. The quantitative estimate of drug-likeness (QED) is 0.761. The molecule has 1 heterocycles. The maximum absolute atomic E-state index is 12.1. The Morgan fingerprint density at radius 1 is 1.43 bits per heavy atom. The number of urea groups is 1. The Bertz CT molecular complexity index is 600. The third kappa shape index (κ3) is 2.96. The summed E-state index contributed by atoms with van der Waals surface area (Å²) >= 11 is 0. The molecule has 7 nitrogen and oxygen atoms in total. The Labute approximate surface area is 121 Å². The summed E-state index contributed by atoms with van der Waals surface area (Å²) in [6.45, 7) is 4.23. The summed E-state index contributed by atoms with van der Waals surface area (Å²) < 4.78 is 0. The number of rotatable bonds is 4. The van der Waals surface area contributed by atoms with E-state index in [0.29, 0.717) is 29.9 Å². The number of carbonyl (C=O) groups excluding carboxylic acids is 2. The number of nitrogens with one attached hydrogen (secondary N) is 2. The van der Waals surface area contributed by atoms with Crippen molar-refractivity contribution in [3.05, 3.63) is 29.3 Å². The van der Waals surface area contributed by atoms with Crippen molar-refractivity contribution in [3.63, 3.8) is 0 Å². The van der Waals surface area contributed by atoms with E-state index in [0.717, 1.165) is 0 Å². The van der Waals surface area contributed by atoms with Crippen molar-refractivity contribution >= 4 is 23.6 Å². The number of carboxylic acid groups (broad SMARTS) is 1. The first-order valence-electron chi connectivity index (χ1n) is 6.60. The van der Waals surface area contributed by atoms with E-state index in [-0.39, 0.29) is 6.03 Å². The van der Waals surface area contributed by atoms with Crippen LogP contribution in [-0.2, 0) is 4.79 Å². The highest BCUT2D eigenvalue weighted by Gasteiger charge is 2.25. The monoisotopic (exact) mass is 291 g/mol. The lowest BCUT2D eigenvalue weighted by atomic mass is 10.0. The molecule has 21 heavy (non-hydrogen) atoms. The molecule has 0 aromatic heterocycles. The zero-order valence-electron chi connectivity index (χ0n) is 11.8. The summed E-state index contributed by atoms with van der Waals surface area (Å²) in [6, 6.07) is 3.87. The maximum atomic E-state index is 12.1. The van der Waals surface area contributed by atoms with Crippen LogP contribution in [0.25, 0.3) is 0 Å². The molecule has 3 N–H and O–H groups in total. The molecule has 7 heteroatoms. The van der Waals surface area contributed by atoms with Gasteiger partial charge in [0.25, 0.3) is 5.91 Å². The van der Waals surface area contributed by atoms with Gasteiger partial charge in [0.1, 0.15) is 6.04 Å². The van der Waals surface area contributed by atoms with Crippen LogP contribution in [0.4, 0.5) is 10.5 Å². The molecule has 1 aromatic carbocycles. The molecule has 1 aliphatic heterocycles. The van der Waals surface area contributed by atoms with Crippen molar-refractivity contribution in [1.82, 2.24) is 10.6 Å². The van der Waals surface area contributed by atoms with Gasteiger partial charge in [0.05, 0.1) is 0 Å². The highest BCUT2D eigenvalue weighted by molar-refractivity contribution is 6.01. The number of nitrogens with zero attached hydrogens (tertiary/aromatic N) is 1. The largest absolute Gasteiger partial charge is 0.480 e. The summed E-state index contributed by atoms with van der Waals surface area (Å²) in [4.78, 5) is 36.2. The van der Waals surface area contributed by atoms with Crippen LogP contribution in [0.3, 0.4) is 0 Å². The number of carbonyl (C=O) groups is 3. The lowest BCUT2D eigenvalue weighted by molar-refractivity contribution is -0.138. The fraction of sp³-hybridized carbons (Fsp3) is 0.357. The molecular weight excluding hydrogens is 274 g/mol. The Kier molecular flexibility index (Phi) is 4.11. The highest BCUT2D eigenvalue weighted by atomic mass is 16.4. The second kappa shape index (κ2) is 5.82.